The van der Waals surface area contributed by atoms with Crippen LogP contribution in [0.3, 0.4) is 0 Å². The number of carbonyl (C=O) groups excluding carboxylic acids is 3. The Morgan fingerprint density at radius 2 is 1.20 bits per heavy atom. The van der Waals surface area contributed by atoms with Gasteiger partial charge >= 0.3 is 5.97 Å². The number of ether oxygens (including phenoxy) is 1. The van der Waals surface area contributed by atoms with Gasteiger partial charge in [0.2, 0.25) is 11.8 Å². The Morgan fingerprint density at radius 1 is 0.667 bits per heavy atom. The number of thioether (sulfide) groups is 1. The highest BCUT2D eigenvalue weighted by atomic mass is 32.2. The number of amides is 2. The molecular weight excluding hydrogens is 657 g/mol. The largest absolute Gasteiger partial charge is 0.466 e. The van der Waals surface area contributed by atoms with Crippen molar-refractivity contribution in [2.24, 2.45) is 5.92 Å². The van der Waals surface area contributed by atoms with Crippen molar-refractivity contribution in [3.8, 4) is 0 Å². The molecule has 0 saturated heterocycles. The predicted molar refractivity (Wildman–Crippen MR) is 216 cm³/mol. The number of nitrogens with one attached hydrogen (secondary N) is 2. The van der Waals surface area contributed by atoms with Gasteiger partial charge in [-0.2, -0.15) is 11.8 Å². The summed E-state index contributed by atoms with van der Waals surface area (Å²) in [6.45, 7) is 8.30. The van der Waals surface area contributed by atoms with Crippen molar-refractivity contribution in [2.75, 3.05) is 24.7 Å². The van der Waals surface area contributed by atoms with Crippen LogP contribution >= 0.6 is 11.8 Å². The van der Waals surface area contributed by atoms with E-state index >= 15 is 0 Å². The smallest absolute Gasteiger partial charge is 0.306 e. The van der Waals surface area contributed by atoms with Crippen LogP contribution in [0.1, 0.15) is 188 Å². The second kappa shape index (κ2) is 35.0. The molecule has 1 aromatic rings. The zero-order valence-corrected chi connectivity index (χ0v) is 34.1. The van der Waals surface area contributed by atoms with Gasteiger partial charge in [0.1, 0.15) is 6.04 Å². The van der Waals surface area contributed by atoms with Crippen LogP contribution in [0.25, 0.3) is 0 Å². The van der Waals surface area contributed by atoms with Gasteiger partial charge in [0, 0.05) is 37.2 Å². The van der Waals surface area contributed by atoms with E-state index in [1.165, 1.54) is 103 Å². The lowest BCUT2D eigenvalue weighted by molar-refractivity contribution is -0.143. The average molecular weight is 735 g/mol. The first kappa shape index (κ1) is 47.0. The lowest BCUT2D eigenvalue weighted by Crippen LogP contribution is -2.49. The summed E-state index contributed by atoms with van der Waals surface area (Å²) in [5.41, 5.74) is 0. The number of imidazole rings is 1. The van der Waals surface area contributed by atoms with Crippen LogP contribution < -0.4 is 10.6 Å². The molecule has 0 fully saturated rings. The maximum atomic E-state index is 13.6. The van der Waals surface area contributed by atoms with Gasteiger partial charge in [-0.3, -0.25) is 14.4 Å². The first-order valence-electron chi connectivity index (χ1n) is 21.3. The van der Waals surface area contributed by atoms with Gasteiger partial charge in [0.15, 0.2) is 0 Å². The monoisotopic (exact) mass is 735 g/mol. The number of nitrogens with zero attached hydrogens (tertiary/aromatic N) is 2. The van der Waals surface area contributed by atoms with Crippen LogP contribution in [-0.4, -0.2) is 58.0 Å². The minimum absolute atomic E-state index is 0.0150. The van der Waals surface area contributed by atoms with Gasteiger partial charge in [-0.05, 0) is 31.4 Å². The second-order valence-corrected chi connectivity index (χ2v) is 15.7. The molecular formula is C42H78N4O4S. The first-order valence-corrected chi connectivity index (χ1v) is 22.4. The molecule has 1 rings (SSSR count). The minimum Gasteiger partial charge on any atom is -0.466 e. The number of esters is 1. The van der Waals surface area contributed by atoms with Crippen LogP contribution in [0, 0.1) is 5.92 Å². The fraction of sp³-hybridized carbons (Fsp3) is 0.857. The number of rotatable bonds is 37. The van der Waals surface area contributed by atoms with E-state index in [0.717, 1.165) is 51.4 Å². The van der Waals surface area contributed by atoms with E-state index in [9.17, 15) is 14.4 Å². The minimum atomic E-state index is -0.590. The molecule has 0 bridgehead atoms. The number of aromatic nitrogens is 2. The van der Waals surface area contributed by atoms with Gasteiger partial charge in [-0.15, -0.1) is 0 Å². The van der Waals surface area contributed by atoms with Crippen LogP contribution in [0.15, 0.2) is 18.7 Å². The molecule has 0 aliphatic carbocycles. The Kier molecular flexibility index (Phi) is 32.3. The highest BCUT2D eigenvalue weighted by Crippen LogP contribution is 2.20. The Bertz CT molecular complexity index is 945. The van der Waals surface area contributed by atoms with Gasteiger partial charge in [-0.1, -0.05) is 156 Å². The summed E-state index contributed by atoms with van der Waals surface area (Å²) >= 11 is 1.64. The molecule has 51 heavy (non-hydrogen) atoms. The number of carbonyl (C=O) groups is 3. The van der Waals surface area contributed by atoms with Crippen LogP contribution in [-0.2, 0) is 25.7 Å². The Morgan fingerprint density at radius 3 is 1.75 bits per heavy atom. The van der Waals surface area contributed by atoms with E-state index in [2.05, 4.69) is 36.4 Å². The quantitative estimate of drug-likeness (QED) is 0.0521. The molecule has 0 radical (unpaired) electrons. The van der Waals surface area contributed by atoms with Crippen LogP contribution in [0.4, 0.5) is 0 Å². The summed E-state index contributed by atoms with van der Waals surface area (Å²) in [6.07, 6.45) is 35.2. The Balaban J connectivity index is 2.43. The van der Waals surface area contributed by atoms with Gasteiger partial charge in [0.25, 0.3) is 0 Å². The third-order valence-electron chi connectivity index (χ3n) is 9.81. The normalized spacial score (nSPS) is 12.5. The van der Waals surface area contributed by atoms with Crippen molar-refractivity contribution in [3.63, 3.8) is 0 Å². The lowest BCUT2D eigenvalue weighted by Gasteiger charge is -2.23. The lowest BCUT2D eigenvalue weighted by atomic mass is 9.93. The van der Waals surface area contributed by atoms with Gasteiger partial charge in [0.05, 0.1) is 19.4 Å². The predicted octanol–water partition coefficient (Wildman–Crippen LogP) is 10.6. The molecule has 0 aliphatic heterocycles. The van der Waals surface area contributed by atoms with E-state index in [1.807, 2.05) is 10.8 Å². The number of hydrogen-bond acceptors (Lipinski definition) is 6. The van der Waals surface area contributed by atoms with Crippen LogP contribution in [0.5, 0.6) is 0 Å². The summed E-state index contributed by atoms with van der Waals surface area (Å²) < 4.78 is 7.40. The van der Waals surface area contributed by atoms with Crippen molar-refractivity contribution in [2.45, 2.75) is 200 Å². The fourth-order valence-electron chi connectivity index (χ4n) is 6.46. The average Bonchev–Trinajstić information content (AvgIpc) is 3.65. The number of unbranched alkanes of at least 4 members (excludes halogenated alkanes) is 19. The molecule has 9 heteroatoms. The third kappa shape index (κ3) is 28.2. The standard InChI is InChI=1S/C42H78N4O4S/c1-4-7-10-13-15-16-17-18-19-20-22-25-34-50-40(47)29-36-51-35-28-39(42(49)44-31-33-46-32-30-43-37-46)45-41(48)38(26-23-12-9-6-3)27-24-21-14-11-8-5-2/h30,32,37-39H,4-29,31,33-36H2,1-3H3,(H,44,49)(H,45,48). The molecule has 2 atom stereocenters. The Labute approximate surface area is 317 Å². The van der Waals surface area contributed by atoms with Gasteiger partial charge < -0.3 is 19.9 Å². The molecule has 0 spiro atoms. The molecule has 0 saturated carbocycles. The molecule has 2 N–H and O–H groups in total. The van der Waals surface area contributed by atoms with E-state index in [0.29, 0.717) is 44.0 Å². The molecule has 0 aromatic carbocycles. The van der Waals surface area contributed by atoms with Crippen molar-refractivity contribution in [1.82, 2.24) is 20.2 Å². The molecule has 1 aromatic heterocycles. The fourth-order valence-corrected chi connectivity index (χ4v) is 7.38. The van der Waals surface area contributed by atoms with Crippen LogP contribution in [0.2, 0.25) is 0 Å². The van der Waals surface area contributed by atoms with Crippen molar-refractivity contribution < 1.29 is 19.1 Å². The second-order valence-electron chi connectivity index (χ2n) is 14.5. The van der Waals surface area contributed by atoms with E-state index < -0.39 is 6.04 Å². The molecule has 8 nitrogen and oxygen atoms in total. The van der Waals surface area contributed by atoms with Crippen molar-refractivity contribution >= 4 is 29.5 Å². The van der Waals surface area contributed by atoms with E-state index in [4.69, 9.17) is 4.74 Å². The Hall–Kier alpha value is -2.03. The maximum Gasteiger partial charge on any atom is 0.306 e. The zero-order valence-electron chi connectivity index (χ0n) is 33.2. The topological polar surface area (TPSA) is 102 Å². The maximum absolute atomic E-state index is 13.6. The molecule has 2 amide bonds. The summed E-state index contributed by atoms with van der Waals surface area (Å²) in [6, 6.07) is -0.590. The van der Waals surface area contributed by atoms with Gasteiger partial charge in [-0.25, -0.2) is 4.98 Å². The molecule has 0 aliphatic rings. The van der Waals surface area contributed by atoms with E-state index in [-0.39, 0.29) is 23.7 Å². The summed E-state index contributed by atoms with van der Waals surface area (Å²) in [4.78, 5) is 43.3. The zero-order chi connectivity index (χ0) is 37.0. The summed E-state index contributed by atoms with van der Waals surface area (Å²) in [7, 11) is 0. The molecule has 1 heterocycles. The van der Waals surface area contributed by atoms with E-state index in [1.54, 1.807) is 24.3 Å². The highest BCUT2D eigenvalue weighted by Gasteiger charge is 2.25. The number of hydrogen-bond donors (Lipinski definition) is 2. The summed E-state index contributed by atoms with van der Waals surface area (Å²) in [5, 5.41) is 6.18. The van der Waals surface area contributed by atoms with Crippen molar-refractivity contribution in [3.05, 3.63) is 18.7 Å². The first-order chi connectivity index (χ1) is 25.0. The van der Waals surface area contributed by atoms with Crippen molar-refractivity contribution in [1.29, 1.82) is 0 Å². The molecule has 296 valence electrons. The summed E-state index contributed by atoms with van der Waals surface area (Å²) in [5.74, 6) is 1.01. The highest BCUT2D eigenvalue weighted by molar-refractivity contribution is 7.99. The SMILES string of the molecule is CCCCCCCCCCCCCCOC(=O)CCSCCC(NC(=O)C(CCCCCC)CCCCCCCC)C(=O)NCCn1ccnc1. The molecule has 2 unspecified atom stereocenters. The third-order valence-corrected chi connectivity index (χ3v) is 10.8.